The predicted octanol–water partition coefficient (Wildman–Crippen LogP) is 4.53. The van der Waals surface area contributed by atoms with Crippen LogP contribution in [0.5, 0.6) is 5.75 Å². The number of sulfonamides is 1. The molecule has 1 unspecified atom stereocenters. The average Bonchev–Trinajstić information content (AvgIpc) is 3.58. The Morgan fingerprint density at radius 3 is 2.53 bits per heavy atom. The van der Waals surface area contributed by atoms with E-state index in [1.54, 1.807) is 0 Å². The predicted molar refractivity (Wildman–Crippen MR) is 131 cm³/mol. The van der Waals surface area contributed by atoms with Crippen molar-refractivity contribution in [3.05, 3.63) is 64.2 Å². The largest absolute Gasteiger partial charge is 0.492 e. The molecule has 174 valence electrons. The average molecular weight is 497 g/mol. The van der Waals surface area contributed by atoms with Gasteiger partial charge >= 0.3 is 0 Å². The van der Waals surface area contributed by atoms with Crippen LogP contribution in [0.3, 0.4) is 0 Å². The van der Waals surface area contributed by atoms with E-state index in [-0.39, 0.29) is 29.1 Å². The maximum absolute atomic E-state index is 12.0. The Morgan fingerprint density at radius 1 is 1.12 bits per heavy atom. The fourth-order valence-corrected chi connectivity index (χ4v) is 6.53. The number of rotatable bonds is 8. The van der Waals surface area contributed by atoms with Crippen molar-refractivity contribution in [2.75, 3.05) is 19.7 Å². The first-order valence-corrected chi connectivity index (χ1v) is 13.1. The molecule has 2 aromatic carbocycles. The third kappa shape index (κ3) is 4.66. The second-order valence-electron chi connectivity index (χ2n) is 9.00. The molecule has 0 bridgehead atoms. The molecule has 0 radical (unpaired) electrons. The highest BCUT2D eigenvalue weighted by atomic mass is 35.5. The molecule has 5 rings (SSSR count). The molecule has 2 aromatic rings. The third-order valence-corrected chi connectivity index (χ3v) is 9.23. The summed E-state index contributed by atoms with van der Waals surface area (Å²) in [6, 6.07) is 14.9. The monoisotopic (exact) mass is 496 g/mol. The van der Waals surface area contributed by atoms with Crippen LogP contribution in [0.2, 0.25) is 5.02 Å². The summed E-state index contributed by atoms with van der Waals surface area (Å²) in [6.07, 6.45) is 6.08. The van der Waals surface area contributed by atoms with Crippen LogP contribution in [0.15, 0.2) is 42.5 Å². The minimum Gasteiger partial charge on any atom is -0.492 e. The van der Waals surface area contributed by atoms with Crippen molar-refractivity contribution in [1.29, 1.82) is 0 Å². The van der Waals surface area contributed by atoms with Gasteiger partial charge in [-0.05, 0) is 79.6 Å². The topological polar surface area (TPSA) is 67.4 Å². The summed E-state index contributed by atoms with van der Waals surface area (Å²) in [7, 11) is -3.16. The summed E-state index contributed by atoms with van der Waals surface area (Å²) in [4.78, 5) is 0. The van der Waals surface area contributed by atoms with E-state index in [9.17, 15) is 8.42 Å². The number of hydrogen-bond acceptors (Lipinski definition) is 4. The fraction of sp³-hybridized carbons (Fsp3) is 0.500. The van der Waals surface area contributed by atoms with Crippen molar-refractivity contribution in [2.45, 2.75) is 55.2 Å². The Morgan fingerprint density at radius 2 is 1.88 bits per heavy atom. The van der Waals surface area contributed by atoms with Crippen LogP contribution in [0.25, 0.3) is 0 Å². The van der Waals surface area contributed by atoms with Crippen molar-refractivity contribution in [1.82, 2.24) is 10.0 Å². The second kappa shape index (κ2) is 9.51. The van der Waals surface area contributed by atoms with E-state index in [1.807, 2.05) is 18.2 Å². The first-order valence-electron chi connectivity index (χ1n) is 11.2. The van der Waals surface area contributed by atoms with Gasteiger partial charge in [0.2, 0.25) is 10.0 Å². The minimum absolute atomic E-state index is 0. The molecular weight excluding hydrogens is 467 g/mol. The Bertz CT molecular complexity index is 1050. The SMILES string of the molecule is Cl.O=S(=O)(NCCOc1ccc2c(c1)C(C1(c3ccc(Cl)cc3)CCC1)NCC2)C1CC1. The van der Waals surface area contributed by atoms with E-state index in [0.29, 0.717) is 13.2 Å². The molecule has 5 nitrogen and oxygen atoms in total. The van der Waals surface area contributed by atoms with Crippen molar-refractivity contribution < 1.29 is 13.2 Å². The molecule has 1 aliphatic heterocycles. The van der Waals surface area contributed by atoms with E-state index < -0.39 is 10.0 Å². The lowest BCUT2D eigenvalue weighted by molar-refractivity contribution is 0.164. The fourth-order valence-electron chi connectivity index (χ4n) is 5.05. The number of hydrogen-bond donors (Lipinski definition) is 2. The number of ether oxygens (including phenoxy) is 1. The minimum atomic E-state index is -3.16. The van der Waals surface area contributed by atoms with Gasteiger partial charge in [0, 0.05) is 23.0 Å². The van der Waals surface area contributed by atoms with Gasteiger partial charge in [0.15, 0.2) is 0 Å². The summed E-state index contributed by atoms with van der Waals surface area (Å²) in [5.41, 5.74) is 4.09. The van der Waals surface area contributed by atoms with Crippen LogP contribution in [0, 0.1) is 0 Å². The number of halogens is 2. The van der Waals surface area contributed by atoms with Gasteiger partial charge in [-0.1, -0.05) is 36.2 Å². The second-order valence-corrected chi connectivity index (χ2v) is 11.5. The van der Waals surface area contributed by atoms with Gasteiger partial charge < -0.3 is 10.1 Å². The summed E-state index contributed by atoms with van der Waals surface area (Å²) < 4.78 is 32.5. The van der Waals surface area contributed by atoms with Gasteiger partial charge in [-0.25, -0.2) is 13.1 Å². The molecule has 32 heavy (non-hydrogen) atoms. The highest BCUT2D eigenvalue weighted by molar-refractivity contribution is 7.90. The molecular formula is C24H30Cl2N2O3S. The quantitative estimate of drug-likeness (QED) is 0.526. The highest BCUT2D eigenvalue weighted by Gasteiger charge is 2.47. The highest BCUT2D eigenvalue weighted by Crippen LogP contribution is 2.53. The van der Waals surface area contributed by atoms with E-state index in [0.717, 1.165) is 49.4 Å². The molecule has 3 aliphatic rings. The first-order chi connectivity index (χ1) is 15.0. The Labute approximate surface area is 201 Å². The van der Waals surface area contributed by atoms with Crippen LogP contribution in [-0.4, -0.2) is 33.4 Å². The third-order valence-electron chi connectivity index (χ3n) is 7.03. The molecule has 0 amide bonds. The van der Waals surface area contributed by atoms with Gasteiger partial charge in [-0.3, -0.25) is 0 Å². The summed E-state index contributed by atoms with van der Waals surface area (Å²) in [5, 5.41) is 4.35. The van der Waals surface area contributed by atoms with Crippen molar-refractivity contribution in [3.63, 3.8) is 0 Å². The molecule has 0 saturated heterocycles. The van der Waals surface area contributed by atoms with Crippen molar-refractivity contribution in [3.8, 4) is 5.75 Å². The Hall–Kier alpha value is -1.31. The van der Waals surface area contributed by atoms with Crippen LogP contribution in [-0.2, 0) is 21.9 Å². The van der Waals surface area contributed by atoms with Gasteiger partial charge in [0.1, 0.15) is 12.4 Å². The molecule has 0 spiro atoms. The van der Waals surface area contributed by atoms with Gasteiger partial charge in [-0.15, -0.1) is 12.4 Å². The summed E-state index contributed by atoms with van der Waals surface area (Å²) >= 11 is 6.14. The van der Waals surface area contributed by atoms with Gasteiger partial charge in [-0.2, -0.15) is 0 Å². The maximum Gasteiger partial charge on any atom is 0.214 e. The standard InChI is InChI=1S/C24H29ClN2O3S.ClH/c25-19-5-3-18(4-6-19)24(11-1-12-24)23-22-16-20(7-2-17(22)10-13-26-23)30-15-14-27-31(28,29)21-8-9-21;/h2-7,16,21,23,26-27H,1,8-15H2;1H. The lowest BCUT2D eigenvalue weighted by Crippen LogP contribution is -2.49. The first kappa shape index (κ1) is 23.8. The molecule has 0 aromatic heterocycles. The molecule has 2 N–H and O–H groups in total. The van der Waals surface area contributed by atoms with Crippen LogP contribution in [0.1, 0.15) is 54.8 Å². The number of benzene rings is 2. The maximum atomic E-state index is 12.0. The lowest BCUT2D eigenvalue weighted by Gasteiger charge is -2.50. The summed E-state index contributed by atoms with van der Waals surface area (Å²) in [6.45, 7) is 1.59. The lowest BCUT2D eigenvalue weighted by atomic mass is 9.58. The number of fused-ring (bicyclic) bond motifs is 1. The zero-order chi connectivity index (χ0) is 21.5. The van der Waals surface area contributed by atoms with Crippen LogP contribution < -0.4 is 14.8 Å². The molecule has 2 fully saturated rings. The molecule has 1 heterocycles. The van der Waals surface area contributed by atoms with E-state index in [2.05, 4.69) is 34.3 Å². The zero-order valence-electron chi connectivity index (χ0n) is 18.0. The van der Waals surface area contributed by atoms with Gasteiger partial charge in [0.05, 0.1) is 5.25 Å². The smallest absolute Gasteiger partial charge is 0.214 e. The molecule has 1 atom stereocenters. The van der Waals surface area contributed by atoms with Crippen molar-refractivity contribution in [2.24, 2.45) is 0 Å². The van der Waals surface area contributed by atoms with Gasteiger partial charge in [0.25, 0.3) is 0 Å². The van der Waals surface area contributed by atoms with E-state index in [4.69, 9.17) is 16.3 Å². The number of nitrogens with one attached hydrogen (secondary N) is 2. The van der Waals surface area contributed by atoms with Crippen LogP contribution >= 0.6 is 24.0 Å². The molecule has 2 aliphatic carbocycles. The molecule has 2 saturated carbocycles. The van der Waals surface area contributed by atoms with E-state index in [1.165, 1.54) is 23.1 Å². The Balaban J connectivity index is 0.00000245. The van der Waals surface area contributed by atoms with Crippen LogP contribution in [0.4, 0.5) is 0 Å². The normalized spacial score (nSPS) is 21.7. The van der Waals surface area contributed by atoms with E-state index >= 15 is 0 Å². The summed E-state index contributed by atoms with van der Waals surface area (Å²) in [5.74, 6) is 0.795. The molecule has 8 heteroatoms. The zero-order valence-corrected chi connectivity index (χ0v) is 20.4. The van der Waals surface area contributed by atoms with Crippen molar-refractivity contribution >= 4 is 34.0 Å². The Kier molecular flexibility index (Phi) is 7.08.